The minimum atomic E-state index is -0.209. The molecule has 174 valence electrons. The van der Waals surface area contributed by atoms with Gasteiger partial charge in [-0.3, -0.25) is 14.5 Å². The van der Waals surface area contributed by atoms with E-state index in [-0.39, 0.29) is 11.8 Å². The molecule has 0 radical (unpaired) electrons. The van der Waals surface area contributed by atoms with Gasteiger partial charge in [0.15, 0.2) is 0 Å². The van der Waals surface area contributed by atoms with Gasteiger partial charge in [0.05, 0.1) is 24.2 Å². The molecule has 7 heteroatoms. The van der Waals surface area contributed by atoms with Crippen LogP contribution in [0.15, 0.2) is 112 Å². The molecule has 4 aromatic rings. The third kappa shape index (κ3) is 5.06. The first-order valence-corrected chi connectivity index (χ1v) is 12.8. The highest BCUT2D eigenvalue weighted by atomic mass is 32.2. The average molecular weight is 499 g/mol. The number of carbonyl (C=O) groups is 2. The van der Waals surface area contributed by atoms with E-state index in [1.807, 2.05) is 77.7 Å². The highest BCUT2D eigenvalue weighted by molar-refractivity contribution is 8.00. The number of nitrogens with one attached hydrogen (secondary N) is 1. The van der Waals surface area contributed by atoms with E-state index in [1.165, 1.54) is 11.8 Å². The van der Waals surface area contributed by atoms with E-state index in [1.54, 1.807) is 43.1 Å². The SMILES string of the molecule is COc1cccc(C(=O)Nc2ccc(SCC(=O)N3c4ccccc4Sc4ccccc43)cc2)c1. The van der Waals surface area contributed by atoms with Crippen molar-refractivity contribution < 1.29 is 14.3 Å². The Morgan fingerprint density at radius 2 is 1.51 bits per heavy atom. The van der Waals surface area contributed by atoms with Crippen molar-refractivity contribution in [2.75, 3.05) is 23.1 Å². The number of fused-ring (bicyclic) bond motifs is 2. The lowest BCUT2D eigenvalue weighted by molar-refractivity contribution is -0.115. The van der Waals surface area contributed by atoms with Gasteiger partial charge in [-0.15, -0.1) is 11.8 Å². The van der Waals surface area contributed by atoms with Gasteiger partial charge in [0, 0.05) is 25.9 Å². The summed E-state index contributed by atoms with van der Waals surface area (Å²) in [7, 11) is 1.57. The van der Waals surface area contributed by atoms with Crippen molar-refractivity contribution in [3.05, 3.63) is 103 Å². The molecule has 1 heterocycles. The Kier molecular flexibility index (Phi) is 6.79. The van der Waals surface area contributed by atoms with Gasteiger partial charge in [-0.05, 0) is 66.7 Å². The molecule has 0 spiro atoms. The topological polar surface area (TPSA) is 58.6 Å². The first-order chi connectivity index (χ1) is 17.1. The minimum Gasteiger partial charge on any atom is -0.497 e. The summed E-state index contributed by atoms with van der Waals surface area (Å²) in [5.74, 6) is 0.736. The second kappa shape index (κ2) is 10.3. The number of benzene rings is 4. The van der Waals surface area contributed by atoms with Crippen molar-refractivity contribution >= 4 is 52.4 Å². The van der Waals surface area contributed by atoms with Gasteiger partial charge in [0.25, 0.3) is 5.91 Å². The van der Waals surface area contributed by atoms with Crippen LogP contribution in [0.25, 0.3) is 0 Å². The summed E-state index contributed by atoms with van der Waals surface area (Å²) in [4.78, 5) is 30.8. The highest BCUT2D eigenvalue weighted by Crippen LogP contribution is 2.48. The van der Waals surface area contributed by atoms with Crippen molar-refractivity contribution in [3.8, 4) is 5.75 Å². The summed E-state index contributed by atoms with van der Waals surface area (Å²) in [5.41, 5.74) is 3.04. The summed E-state index contributed by atoms with van der Waals surface area (Å²) in [6.07, 6.45) is 0. The highest BCUT2D eigenvalue weighted by Gasteiger charge is 2.27. The van der Waals surface area contributed by atoms with Gasteiger partial charge in [0.2, 0.25) is 5.91 Å². The van der Waals surface area contributed by atoms with Crippen LogP contribution < -0.4 is 15.0 Å². The van der Waals surface area contributed by atoms with Gasteiger partial charge < -0.3 is 10.1 Å². The fraction of sp³-hybridized carbons (Fsp3) is 0.0714. The van der Waals surface area contributed by atoms with E-state index < -0.39 is 0 Å². The van der Waals surface area contributed by atoms with Crippen LogP contribution in [0, 0.1) is 0 Å². The number of ether oxygens (including phenoxy) is 1. The molecule has 0 aromatic heterocycles. The van der Waals surface area contributed by atoms with E-state index in [4.69, 9.17) is 4.74 Å². The lowest BCUT2D eigenvalue weighted by Crippen LogP contribution is -2.29. The van der Waals surface area contributed by atoms with Crippen molar-refractivity contribution in [2.45, 2.75) is 14.7 Å². The smallest absolute Gasteiger partial charge is 0.255 e. The molecule has 0 saturated heterocycles. The van der Waals surface area contributed by atoms with Crippen LogP contribution in [0.3, 0.4) is 0 Å². The Bertz CT molecular complexity index is 1340. The largest absolute Gasteiger partial charge is 0.497 e. The Hall–Kier alpha value is -3.68. The molecular formula is C28H22N2O3S2. The van der Waals surface area contributed by atoms with Crippen LogP contribution in [0.5, 0.6) is 5.75 Å². The number of para-hydroxylation sites is 2. The van der Waals surface area contributed by atoms with Gasteiger partial charge in [-0.25, -0.2) is 0 Å². The maximum absolute atomic E-state index is 13.3. The van der Waals surface area contributed by atoms with Crippen molar-refractivity contribution in [1.82, 2.24) is 0 Å². The molecule has 0 unspecified atom stereocenters. The molecule has 0 fully saturated rings. The maximum atomic E-state index is 13.3. The molecule has 35 heavy (non-hydrogen) atoms. The third-order valence-corrected chi connectivity index (χ3v) is 7.62. The number of methoxy groups -OCH3 is 1. The van der Waals surface area contributed by atoms with Gasteiger partial charge in [-0.2, -0.15) is 0 Å². The first kappa shape index (κ1) is 23.1. The fourth-order valence-corrected chi connectivity index (χ4v) is 5.59. The molecule has 1 aliphatic rings. The number of hydrogen-bond donors (Lipinski definition) is 1. The van der Waals surface area contributed by atoms with E-state index in [0.29, 0.717) is 22.8 Å². The second-order valence-corrected chi connectivity index (χ2v) is 9.90. The number of carbonyl (C=O) groups excluding carboxylic acids is 2. The molecule has 4 aromatic carbocycles. The van der Waals surface area contributed by atoms with Crippen molar-refractivity contribution in [3.63, 3.8) is 0 Å². The molecular weight excluding hydrogens is 476 g/mol. The molecule has 1 N–H and O–H groups in total. The number of hydrogen-bond acceptors (Lipinski definition) is 5. The van der Waals surface area contributed by atoms with E-state index in [2.05, 4.69) is 5.32 Å². The molecule has 5 nitrogen and oxygen atoms in total. The lowest BCUT2D eigenvalue weighted by Gasteiger charge is -2.31. The molecule has 1 aliphatic heterocycles. The van der Waals surface area contributed by atoms with E-state index in [0.717, 1.165) is 26.1 Å². The maximum Gasteiger partial charge on any atom is 0.255 e. The molecule has 0 atom stereocenters. The Morgan fingerprint density at radius 3 is 2.17 bits per heavy atom. The first-order valence-electron chi connectivity index (χ1n) is 11.0. The Balaban J connectivity index is 1.25. The van der Waals surface area contributed by atoms with Crippen molar-refractivity contribution in [1.29, 1.82) is 0 Å². The second-order valence-electron chi connectivity index (χ2n) is 7.77. The third-order valence-electron chi connectivity index (χ3n) is 5.49. The van der Waals surface area contributed by atoms with E-state index in [9.17, 15) is 9.59 Å². The summed E-state index contributed by atoms with van der Waals surface area (Å²) in [6, 6.07) is 30.5. The fourth-order valence-electron chi connectivity index (χ4n) is 3.79. The number of thioether (sulfide) groups is 1. The van der Waals surface area contributed by atoms with E-state index >= 15 is 0 Å². The predicted molar refractivity (Wildman–Crippen MR) is 142 cm³/mol. The van der Waals surface area contributed by atoms with Crippen LogP contribution >= 0.6 is 23.5 Å². The Morgan fingerprint density at radius 1 is 0.857 bits per heavy atom. The number of amides is 2. The number of nitrogens with zero attached hydrogens (tertiary/aromatic N) is 1. The zero-order valence-corrected chi connectivity index (χ0v) is 20.6. The normalized spacial score (nSPS) is 11.9. The summed E-state index contributed by atoms with van der Waals surface area (Å²) in [5, 5.41) is 2.89. The summed E-state index contributed by atoms with van der Waals surface area (Å²) in [6.45, 7) is 0. The van der Waals surface area contributed by atoms with Gasteiger partial charge in [-0.1, -0.05) is 42.1 Å². The Labute approximate surface area is 212 Å². The monoisotopic (exact) mass is 498 g/mol. The molecule has 5 rings (SSSR count). The standard InChI is InChI=1S/C28H22N2O3S2/c1-33-21-8-6-7-19(17-21)28(32)29-20-13-15-22(16-14-20)34-18-27(31)30-23-9-2-4-11-25(23)35-26-12-5-3-10-24(26)30/h2-17H,18H2,1H3,(H,29,32). The van der Waals surface area contributed by atoms with Crippen LogP contribution in [-0.4, -0.2) is 24.7 Å². The lowest BCUT2D eigenvalue weighted by atomic mass is 10.2. The van der Waals surface area contributed by atoms with Crippen LogP contribution in [0.2, 0.25) is 0 Å². The number of anilines is 3. The van der Waals surface area contributed by atoms with Gasteiger partial charge >= 0.3 is 0 Å². The molecule has 0 aliphatic carbocycles. The zero-order valence-electron chi connectivity index (χ0n) is 18.9. The molecule has 0 bridgehead atoms. The summed E-state index contributed by atoms with van der Waals surface area (Å²) < 4.78 is 5.18. The van der Waals surface area contributed by atoms with Crippen LogP contribution in [0.4, 0.5) is 17.1 Å². The number of rotatable bonds is 6. The zero-order chi connectivity index (χ0) is 24.2. The average Bonchev–Trinajstić information content (AvgIpc) is 2.91. The minimum absolute atomic E-state index is 0.0191. The van der Waals surface area contributed by atoms with Gasteiger partial charge in [0.1, 0.15) is 5.75 Å². The van der Waals surface area contributed by atoms with Crippen LogP contribution in [0.1, 0.15) is 10.4 Å². The van der Waals surface area contributed by atoms with Crippen molar-refractivity contribution in [2.24, 2.45) is 0 Å². The predicted octanol–water partition coefficient (Wildman–Crippen LogP) is 6.87. The quantitative estimate of drug-likeness (QED) is 0.294. The summed E-state index contributed by atoms with van der Waals surface area (Å²) >= 11 is 3.16. The molecule has 0 saturated carbocycles. The molecule has 2 amide bonds. The van der Waals surface area contributed by atoms with Crippen LogP contribution in [-0.2, 0) is 4.79 Å².